The van der Waals surface area contributed by atoms with Gasteiger partial charge in [0.2, 0.25) is 0 Å². The van der Waals surface area contributed by atoms with Gasteiger partial charge in [-0.3, -0.25) is 0 Å². The molecule has 1 heterocycles. The molecule has 0 spiro atoms. The number of nitrogens with one attached hydrogen (secondary N) is 1. The van der Waals surface area contributed by atoms with Crippen molar-refractivity contribution in [1.82, 2.24) is 14.9 Å². The fourth-order valence-electron chi connectivity index (χ4n) is 2.63. The summed E-state index contributed by atoms with van der Waals surface area (Å²) in [4.78, 5) is 4.05. The van der Waals surface area contributed by atoms with E-state index in [1.165, 1.54) is 5.56 Å². The summed E-state index contributed by atoms with van der Waals surface area (Å²) in [5.41, 5.74) is 2.30. The van der Waals surface area contributed by atoms with E-state index in [1.54, 1.807) is 13.3 Å². The van der Waals surface area contributed by atoms with Crippen molar-refractivity contribution in [2.75, 3.05) is 20.3 Å². The van der Waals surface area contributed by atoms with Crippen LogP contribution in [0.25, 0.3) is 0 Å². The van der Waals surface area contributed by atoms with Gasteiger partial charge in [-0.05, 0) is 37.9 Å². The molecule has 0 radical (unpaired) electrons. The number of aromatic nitrogens is 2. The normalized spacial score (nSPS) is 10.6. The molecule has 0 saturated heterocycles. The first-order valence-electron chi connectivity index (χ1n) is 8.38. The molecule has 0 amide bonds. The van der Waals surface area contributed by atoms with E-state index in [2.05, 4.69) is 27.5 Å². The van der Waals surface area contributed by atoms with Crippen molar-refractivity contribution in [1.29, 1.82) is 0 Å². The zero-order chi connectivity index (χ0) is 17.2. The lowest BCUT2D eigenvalue weighted by Crippen LogP contribution is -2.16. The molecule has 0 saturated carbocycles. The Balaban J connectivity index is 1.93. The van der Waals surface area contributed by atoms with E-state index < -0.39 is 0 Å². The van der Waals surface area contributed by atoms with Gasteiger partial charge in [0.15, 0.2) is 11.5 Å². The van der Waals surface area contributed by atoms with E-state index in [0.717, 1.165) is 49.5 Å². The third-order valence-electron chi connectivity index (χ3n) is 3.72. The van der Waals surface area contributed by atoms with Crippen molar-refractivity contribution in [3.63, 3.8) is 0 Å². The number of aryl methyl sites for hydroxylation is 1. The van der Waals surface area contributed by atoms with Crippen LogP contribution < -0.4 is 14.8 Å². The van der Waals surface area contributed by atoms with Gasteiger partial charge in [0.1, 0.15) is 0 Å². The lowest BCUT2D eigenvalue weighted by molar-refractivity contribution is 0.308. The van der Waals surface area contributed by atoms with Crippen LogP contribution in [0.2, 0.25) is 0 Å². The van der Waals surface area contributed by atoms with Crippen LogP contribution in [0, 0.1) is 0 Å². The van der Waals surface area contributed by atoms with Crippen LogP contribution in [0.15, 0.2) is 43.5 Å². The molecule has 0 fully saturated rings. The number of hydrogen-bond donors (Lipinski definition) is 1. The number of nitrogens with zero attached hydrogens (tertiary/aromatic N) is 2. The highest BCUT2D eigenvalue weighted by atomic mass is 16.5. The molecule has 5 heteroatoms. The van der Waals surface area contributed by atoms with Gasteiger partial charge in [0.25, 0.3) is 0 Å². The molecule has 0 aliphatic heterocycles. The van der Waals surface area contributed by atoms with Crippen LogP contribution in [0.5, 0.6) is 11.5 Å². The lowest BCUT2D eigenvalue weighted by atomic mass is 10.1. The summed E-state index contributed by atoms with van der Waals surface area (Å²) in [5, 5.41) is 3.48. The van der Waals surface area contributed by atoms with Crippen molar-refractivity contribution in [2.45, 2.75) is 32.9 Å². The van der Waals surface area contributed by atoms with Gasteiger partial charge >= 0.3 is 0 Å². The molecule has 5 nitrogen and oxygen atoms in total. The van der Waals surface area contributed by atoms with Crippen LogP contribution in [-0.2, 0) is 19.5 Å². The molecule has 2 aromatic rings. The van der Waals surface area contributed by atoms with Gasteiger partial charge in [0.05, 0.1) is 20.0 Å². The Morgan fingerprint density at radius 3 is 2.92 bits per heavy atom. The molecular formula is C19H27N3O2. The van der Waals surface area contributed by atoms with Gasteiger partial charge in [-0.1, -0.05) is 12.1 Å². The maximum absolute atomic E-state index is 5.75. The predicted molar refractivity (Wildman–Crippen MR) is 96.6 cm³/mol. The summed E-state index contributed by atoms with van der Waals surface area (Å²) in [5.74, 6) is 1.61. The Morgan fingerprint density at radius 1 is 1.38 bits per heavy atom. The fourth-order valence-corrected chi connectivity index (χ4v) is 2.63. The van der Waals surface area contributed by atoms with Crippen LogP contribution in [0.1, 0.15) is 24.5 Å². The highest BCUT2D eigenvalue weighted by Gasteiger charge is 2.12. The van der Waals surface area contributed by atoms with Crippen LogP contribution in [0.3, 0.4) is 0 Å². The Hall–Kier alpha value is -2.27. The first-order chi connectivity index (χ1) is 11.8. The van der Waals surface area contributed by atoms with Gasteiger partial charge < -0.3 is 19.4 Å². The minimum atomic E-state index is 0.617. The molecule has 24 heavy (non-hydrogen) atoms. The summed E-state index contributed by atoms with van der Waals surface area (Å²) in [6.07, 6.45) is 9.35. The Bertz CT molecular complexity index is 624. The number of hydrogen-bond acceptors (Lipinski definition) is 4. The lowest BCUT2D eigenvalue weighted by Gasteiger charge is -2.16. The minimum Gasteiger partial charge on any atom is -0.493 e. The average Bonchev–Trinajstić information content (AvgIpc) is 3.10. The molecule has 0 aliphatic carbocycles. The van der Waals surface area contributed by atoms with Crippen molar-refractivity contribution < 1.29 is 9.47 Å². The van der Waals surface area contributed by atoms with Crippen LogP contribution in [-0.4, -0.2) is 29.8 Å². The summed E-state index contributed by atoms with van der Waals surface area (Å²) >= 11 is 0. The topological polar surface area (TPSA) is 48.3 Å². The van der Waals surface area contributed by atoms with Crippen molar-refractivity contribution >= 4 is 0 Å². The first-order valence-corrected chi connectivity index (χ1v) is 8.38. The number of methoxy groups -OCH3 is 1. The largest absolute Gasteiger partial charge is 0.493 e. The second kappa shape index (κ2) is 9.78. The fraction of sp³-hybridized carbons (Fsp3) is 0.421. The summed E-state index contributed by atoms with van der Waals surface area (Å²) < 4.78 is 13.3. The maximum Gasteiger partial charge on any atom is 0.164 e. The predicted octanol–water partition coefficient (Wildman–Crippen LogP) is 3.20. The monoisotopic (exact) mass is 329 g/mol. The number of benzene rings is 1. The van der Waals surface area contributed by atoms with Crippen molar-refractivity contribution in [3.05, 3.63) is 54.6 Å². The molecule has 1 aromatic heterocycles. The number of imidazole rings is 1. The van der Waals surface area contributed by atoms with Crippen LogP contribution >= 0.6 is 0 Å². The zero-order valence-corrected chi connectivity index (χ0v) is 14.6. The van der Waals surface area contributed by atoms with E-state index >= 15 is 0 Å². The Labute approximate surface area is 144 Å². The Kier molecular flexibility index (Phi) is 7.36. The molecule has 130 valence electrons. The smallest absolute Gasteiger partial charge is 0.164 e. The third-order valence-corrected chi connectivity index (χ3v) is 3.72. The van der Waals surface area contributed by atoms with Gasteiger partial charge in [-0.2, -0.15) is 0 Å². The Morgan fingerprint density at radius 2 is 2.25 bits per heavy atom. The molecular weight excluding hydrogens is 302 g/mol. The molecule has 1 aromatic carbocycles. The van der Waals surface area contributed by atoms with Gasteiger partial charge in [-0.25, -0.2) is 4.98 Å². The first kappa shape index (κ1) is 18.1. The van der Waals surface area contributed by atoms with E-state index in [1.807, 2.05) is 31.6 Å². The quantitative estimate of drug-likeness (QED) is 0.508. The molecule has 0 aliphatic rings. The number of allylic oxidation sites excluding steroid dienone is 1. The van der Waals surface area contributed by atoms with Crippen molar-refractivity contribution in [3.8, 4) is 11.5 Å². The minimum absolute atomic E-state index is 0.617. The molecule has 1 N–H and O–H groups in total. The van der Waals surface area contributed by atoms with Crippen molar-refractivity contribution in [2.24, 2.45) is 0 Å². The summed E-state index contributed by atoms with van der Waals surface area (Å²) in [7, 11) is 1.68. The van der Waals surface area contributed by atoms with E-state index in [9.17, 15) is 0 Å². The molecule has 0 bridgehead atoms. The highest BCUT2D eigenvalue weighted by molar-refractivity contribution is 5.50. The van der Waals surface area contributed by atoms with E-state index in [0.29, 0.717) is 6.61 Å². The van der Waals surface area contributed by atoms with E-state index in [4.69, 9.17) is 9.47 Å². The highest BCUT2D eigenvalue weighted by Crippen LogP contribution is 2.33. The maximum atomic E-state index is 5.75. The molecule has 0 unspecified atom stereocenters. The number of ether oxygens (including phenoxy) is 2. The molecule has 0 atom stereocenters. The zero-order valence-electron chi connectivity index (χ0n) is 14.6. The second-order valence-electron chi connectivity index (χ2n) is 5.54. The van der Waals surface area contributed by atoms with Gasteiger partial charge in [-0.15, -0.1) is 6.58 Å². The third kappa shape index (κ3) is 5.13. The van der Waals surface area contributed by atoms with Crippen LogP contribution in [0.4, 0.5) is 0 Å². The number of rotatable bonds is 11. The summed E-state index contributed by atoms with van der Waals surface area (Å²) in [6, 6.07) is 4.21. The van der Waals surface area contributed by atoms with Gasteiger partial charge in [0, 0.05) is 31.0 Å². The molecule has 2 rings (SSSR count). The SMILES string of the molecule is C=CCc1cc(CNCCCn2ccnc2)cc(OC)c1OCC. The summed E-state index contributed by atoms with van der Waals surface area (Å²) in [6.45, 7) is 9.16. The average molecular weight is 329 g/mol. The standard InChI is InChI=1S/C19H27N3O2/c1-4-7-17-12-16(13-18(23-3)19(17)24-5-2)14-20-8-6-10-22-11-9-21-15-22/h4,9,11-13,15,20H,1,5-8,10,14H2,2-3H3. The van der Waals surface area contributed by atoms with E-state index in [-0.39, 0.29) is 0 Å². The second-order valence-corrected chi connectivity index (χ2v) is 5.54.